The maximum absolute atomic E-state index is 5.64. The summed E-state index contributed by atoms with van der Waals surface area (Å²) in [5.41, 5.74) is 12.1. The predicted molar refractivity (Wildman–Crippen MR) is 63.9 cm³/mol. The number of nitrogens with two attached hydrogens (primary N) is 2. The van der Waals surface area contributed by atoms with Crippen molar-refractivity contribution in [3.05, 3.63) is 42.1 Å². The van der Waals surface area contributed by atoms with Crippen molar-refractivity contribution in [2.45, 2.75) is 0 Å². The van der Waals surface area contributed by atoms with E-state index >= 15 is 0 Å². The first-order valence-electron chi connectivity index (χ1n) is 4.70. The zero-order valence-corrected chi connectivity index (χ0v) is 8.80. The van der Waals surface area contributed by atoms with Gasteiger partial charge < -0.3 is 16.4 Å². The topological polar surface area (TPSA) is 67.6 Å². The number of rotatable bonds is 3. The molecule has 4 nitrogen and oxygen atoms in total. The van der Waals surface area contributed by atoms with Crippen LogP contribution in [0.25, 0.3) is 6.08 Å². The maximum Gasteiger partial charge on any atom is 0.196 e. The van der Waals surface area contributed by atoms with E-state index in [2.05, 4.69) is 4.99 Å². The van der Waals surface area contributed by atoms with Crippen LogP contribution in [0.15, 0.2) is 41.5 Å². The van der Waals surface area contributed by atoms with Crippen molar-refractivity contribution in [2.75, 3.05) is 13.7 Å². The number of aliphatic imine (C=N–C) groups is 1. The van der Waals surface area contributed by atoms with E-state index in [1.165, 1.54) is 0 Å². The summed E-state index contributed by atoms with van der Waals surface area (Å²) in [7, 11) is 1.79. The summed E-state index contributed by atoms with van der Waals surface area (Å²) >= 11 is 0. The van der Waals surface area contributed by atoms with E-state index in [0.29, 0.717) is 12.6 Å². The van der Waals surface area contributed by atoms with Gasteiger partial charge in [0.1, 0.15) is 0 Å². The van der Waals surface area contributed by atoms with E-state index in [1.807, 2.05) is 36.4 Å². The fourth-order valence-corrected chi connectivity index (χ4v) is 0.956. The molecule has 0 aliphatic carbocycles. The van der Waals surface area contributed by atoms with E-state index in [4.69, 9.17) is 11.5 Å². The molecule has 0 amide bonds. The molecule has 0 saturated carbocycles. The van der Waals surface area contributed by atoms with Crippen LogP contribution in [-0.4, -0.2) is 24.6 Å². The van der Waals surface area contributed by atoms with Crippen molar-refractivity contribution in [1.82, 2.24) is 4.90 Å². The third-order valence-electron chi connectivity index (χ3n) is 1.94. The lowest BCUT2D eigenvalue weighted by Crippen LogP contribution is -2.37. The monoisotopic (exact) mass is 204 g/mol. The number of nitrogens with zero attached hydrogens (tertiary/aromatic N) is 2. The van der Waals surface area contributed by atoms with Gasteiger partial charge in [0, 0.05) is 13.2 Å². The molecule has 0 spiro atoms. The highest BCUT2D eigenvalue weighted by atomic mass is 15.3. The van der Waals surface area contributed by atoms with Gasteiger partial charge in [-0.1, -0.05) is 30.3 Å². The molecular weight excluding hydrogens is 188 g/mol. The third-order valence-corrected chi connectivity index (χ3v) is 1.94. The lowest BCUT2D eigenvalue weighted by molar-refractivity contribution is 0.515. The van der Waals surface area contributed by atoms with Gasteiger partial charge in [0.15, 0.2) is 5.96 Å². The van der Waals surface area contributed by atoms with Crippen LogP contribution in [0.3, 0.4) is 0 Å². The molecule has 1 aromatic rings. The zero-order valence-electron chi connectivity index (χ0n) is 8.80. The molecule has 0 unspecified atom stereocenters. The summed E-state index contributed by atoms with van der Waals surface area (Å²) in [6.45, 7) is 0.356. The molecule has 0 bridgehead atoms. The van der Waals surface area contributed by atoms with Gasteiger partial charge in [0.05, 0.1) is 6.67 Å². The molecule has 1 rings (SSSR count). The number of benzene rings is 1. The Hall–Kier alpha value is -1.81. The lowest BCUT2D eigenvalue weighted by atomic mass is 10.2. The molecule has 4 heteroatoms. The Morgan fingerprint density at radius 1 is 1.40 bits per heavy atom. The first-order chi connectivity index (χ1) is 7.24. The number of guanidine groups is 1. The first kappa shape index (κ1) is 11.3. The fourth-order valence-electron chi connectivity index (χ4n) is 0.956. The molecular formula is C11H16N4. The van der Waals surface area contributed by atoms with Gasteiger partial charge in [-0.2, -0.15) is 0 Å². The molecule has 0 heterocycles. The lowest BCUT2D eigenvalue weighted by Gasteiger charge is -2.13. The van der Waals surface area contributed by atoms with Gasteiger partial charge in [0.2, 0.25) is 0 Å². The molecule has 4 N–H and O–H groups in total. The van der Waals surface area contributed by atoms with Crippen LogP contribution in [0, 0.1) is 0 Å². The average Bonchev–Trinajstić information content (AvgIpc) is 2.29. The molecule has 0 saturated heterocycles. The third kappa shape index (κ3) is 3.83. The minimum atomic E-state index is 0.356. The summed E-state index contributed by atoms with van der Waals surface area (Å²) in [5, 5.41) is 0. The molecule has 0 aliphatic rings. The van der Waals surface area contributed by atoms with Gasteiger partial charge in [-0.25, -0.2) is 4.99 Å². The second-order valence-electron chi connectivity index (χ2n) is 3.09. The Morgan fingerprint density at radius 3 is 2.67 bits per heavy atom. The summed E-state index contributed by atoms with van der Waals surface area (Å²) in [6, 6.07) is 9.90. The molecule has 0 radical (unpaired) electrons. The summed E-state index contributed by atoms with van der Waals surface area (Å²) in [6.07, 6.45) is 3.55. The van der Waals surface area contributed by atoms with Crippen molar-refractivity contribution in [3.63, 3.8) is 0 Å². The van der Waals surface area contributed by atoms with Crippen LogP contribution in [0.1, 0.15) is 5.56 Å². The van der Waals surface area contributed by atoms with E-state index in [0.717, 1.165) is 5.56 Å². The number of hydrogen-bond acceptors (Lipinski definition) is 2. The summed E-state index contributed by atoms with van der Waals surface area (Å²) < 4.78 is 0. The standard InChI is InChI=1S/C11H16N4/c1-15(9-12)11(13)14-8-7-10-5-3-2-4-6-10/h2-8H,9,12H2,1H3,(H2,13,14)/b8-7+. The van der Waals surface area contributed by atoms with Gasteiger partial charge >= 0.3 is 0 Å². The van der Waals surface area contributed by atoms with Crippen LogP contribution < -0.4 is 11.5 Å². The van der Waals surface area contributed by atoms with Crippen LogP contribution in [0.4, 0.5) is 0 Å². The molecule has 80 valence electrons. The largest absolute Gasteiger partial charge is 0.369 e. The summed E-state index contributed by atoms with van der Waals surface area (Å²) in [4.78, 5) is 5.71. The molecule has 0 atom stereocenters. The van der Waals surface area contributed by atoms with E-state index < -0.39 is 0 Å². The van der Waals surface area contributed by atoms with Crippen molar-refractivity contribution in [2.24, 2.45) is 16.5 Å². The van der Waals surface area contributed by atoms with Gasteiger partial charge in [-0.15, -0.1) is 0 Å². The normalized spacial score (nSPS) is 12.0. The van der Waals surface area contributed by atoms with Crippen molar-refractivity contribution < 1.29 is 0 Å². The minimum Gasteiger partial charge on any atom is -0.369 e. The van der Waals surface area contributed by atoms with E-state index in [-0.39, 0.29) is 0 Å². The van der Waals surface area contributed by atoms with Crippen LogP contribution in [0.2, 0.25) is 0 Å². The van der Waals surface area contributed by atoms with Crippen molar-refractivity contribution in [1.29, 1.82) is 0 Å². The van der Waals surface area contributed by atoms with Crippen LogP contribution in [-0.2, 0) is 0 Å². The SMILES string of the molecule is CN(CN)/C(N)=N\C=C\c1ccccc1. The Morgan fingerprint density at radius 2 is 2.07 bits per heavy atom. The van der Waals surface area contributed by atoms with Crippen molar-refractivity contribution >= 4 is 12.0 Å². The Kier molecular flexibility index (Phi) is 4.37. The Bertz CT molecular complexity index is 343. The number of hydrogen-bond donors (Lipinski definition) is 2. The smallest absolute Gasteiger partial charge is 0.196 e. The van der Waals surface area contributed by atoms with E-state index in [1.54, 1.807) is 18.1 Å². The quantitative estimate of drug-likeness (QED) is 0.435. The molecule has 1 aromatic carbocycles. The Balaban J connectivity index is 2.60. The first-order valence-corrected chi connectivity index (χ1v) is 4.70. The highest BCUT2D eigenvalue weighted by Gasteiger charge is 1.94. The second-order valence-corrected chi connectivity index (χ2v) is 3.09. The molecule has 0 fully saturated rings. The van der Waals surface area contributed by atoms with Gasteiger partial charge in [-0.3, -0.25) is 0 Å². The molecule has 0 aromatic heterocycles. The predicted octanol–water partition coefficient (Wildman–Crippen LogP) is 0.820. The highest BCUT2D eigenvalue weighted by Crippen LogP contribution is 2.00. The van der Waals surface area contributed by atoms with Gasteiger partial charge in [0.25, 0.3) is 0 Å². The highest BCUT2D eigenvalue weighted by molar-refractivity contribution is 5.78. The fraction of sp³-hybridized carbons (Fsp3) is 0.182. The van der Waals surface area contributed by atoms with E-state index in [9.17, 15) is 0 Å². The molecule has 15 heavy (non-hydrogen) atoms. The molecule has 0 aliphatic heterocycles. The van der Waals surface area contributed by atoms with Crippen LogP contribution >= 0.6 is 0 Å². The zero-order chi connectivity index (χ0) is 11.1. The van der Waals surface area contributed by atoms with Crippen molar-refractivity contribution in [3.8, 4) is 0 Å². The Labute approximate surface area is 89.9 Å². The maximum atomic E-state index is 5.64. The van der Waals surface area contributed by atoms with Gasteiger partial charge in [-0.05, 0) is 11.6 Å². The minimum absolute atomic E-state index is 0.356. The van der Waals surface area contributed by atoms with Crippen LogP contribution in [0.5, 0.6) is 0 Å². The summed E-state index contributed by atoms with van der Waals surface area (Å²) in [5.74, 6) is 0.407. The second kappa shape index (κ2) is 5.82. The average molecular weight is 204 g/mol.